The van der Waals surface area contributed by atoms with Gasteiger partial charge >= 0.3 is 0 Å². The Balaban J connectivity index is 3.26. The van der Waals surface area contributed by atoms with E-state index >= 15 is 0 Å². The number of thioether (sulfide) groups is 1. The van der Waals surface area contributed by atoms with Crippen molar-refractivity contribution in [3.8, 4) is 0 Å². The summed E-state index contributed by atoms with van der Waals surface area (Å²) in [5.74, 6) is 1.29. The van der Waals surface area contributed by atoms with Gasteiger partial charge in [0.15, 0.2) is 0 Å². The summed E-state index contributed by atoms with van der Waals surface area (Å²) in [4.78, 5) is 2.52. The second-order valence-corrected chi connectivity index (χ2v) is 6.26. The van der Waals surface area contributed by atoms with Crippen molar-refractivity contribution in [3.05, 3.63) is 0 Å². The molecule has 2 nitrogen and oxygen atoms in total. The maximum atomic E-state index is 3.46. The van der Waals surface area contributed by atoms with Gasteiger partial charge in [-0.1, -0.05) is 19.8 Å². The Morgan fingerprint density at radius 2 is 1.83 bits per heavy atom. The zero-order valence-corrected chi connectivity index (χ0v) is 13.8. The van der Waals surface area contributed by atoms with E-state index in [0.29, 0.717) is 0 Å². The zero-order chi connectivity index (χ0) is 13.6. The fourth-order valence-electron chi connectivity index (χ4n) is 2.00. The van der Waals surface area contributed by atoms with Crippen molar-refractivity contribution < 1.29 is 0 Å². The zero-order valence-electron chi connectivity index (χ0n) is 13.0. The molecule has 0 aliphatic rings. The first kappa shape index (κ1) is 18.3. The summed E-state index contributed by atoms with van der Waals surface area (Å²) < 4.78 is 0. The predicted octanol–water partition coefficient (Wildman–Crippen LogP) is 3.62. The molecule has 0 aromatic rings. The highest BCUT2D eigenvalue weighted by Crippen LogP contribution is 2.08. The molecule has 1 unspecified atom stereocenters. The highest BCUT2D eigenvalue weighted by atomic mass is 32.2. The van der Waals surface area contributed by atoms with Crippen LogP contribution < -0.4 is 5.32 Å². The molecule has 0 aromatic carbocycles. The Morgan fingerprint density at radius 1 is 1.11 bits per heavy atom. The van der Waals surface area contributed by atoms with Crippen LogP contribution in [-0.4, -0.2) is 49.6 Å². The lowest BCUT2D eigenvalue weighted by Crippen LogP contribution is -2.30. The third-order valence-electron chi connectivity index (χ3n) is 3.53. The first-order chi connectivity index (χ1) is 8.72. The smallest absolute Gasteiger partial charge is 0.00717 e. The molecule has 0 aromatic heterocycles. The molecule has 3 heteroatoms. The van der Waals surface area contributed by atoms with Gasteiger partial charge in [-0.2, -0.15) is 11.8 Å². The number of nitrogens with one attached hydrogen (secondary N) is 1. The second-order valence-electron chi connectivity index (χ2n) is 5.28. The van der Waals surface area contributed by atoms with Crippen LogP contribution in [0, 0.1) is 0 Å². The number of unbranched alkanes of at least 4 members (excludes halogenated alkanes) is 3. The average Bonchev–Trinajstić information content (AvgIpc) is 2.38. The fraction of sp³-hybridized carbons (Fsp3) is 1.00. The van der Waals surface area contributed by atoms with Crippen molar-refractivity contribution in [2.75, 3.05) is 38.7 Å². The van der Waals surface area contributed by atoms with Crippen LogP contribution >= 0.6 is 11.8 Å². The maximum Gasteiger partial charge on any atom is 0.00717 e. The molecule has 0 aliphatic carbocycles. The molecule has 1 atom stereocenters. The molecule has 1 N–H and O–H groups in total. The third-order valence-corrected chi connectivity index (χ3v) is 4.18. The molecule has 110 valence electrons. The number of nitrogens with zero attached hydrogens (tertiary/aromatic N) is 1. The van der Waals surface area contributed by atoms with Crippen LogP contribution in [0.15, 0.2) is 0 Å². The van der Waals surface area contributed by atoms with E-state index in [1.54, 1.807) is 0 Å². The first-order valence-corrected chi connectivity index (χ1v) is 9.01. The molecule has 0 heterocycles. The van der Waals surface area contributed by atoms with Crippen molar-refractivity contribution >= 4 is 11.8 Å². The van der Waals surface area contributed by atoms with Crippen LogP contribution in [0.5, 0.6) is 0 Å². The Labute approximate surface area is 119 Å². The monoisotopic (exact) mass is 274 g/mol. The minimum atomic E-state index is 0.740. The molecule has 0 bridgehead atoms. The van der Waals surface area contributed by atoms with Gasteiger partial charge in [0.25, 0.3) is 0 Å². The van der Waals surface area contributed by atoms with Crippen LogP contribution in [0.2, 0.25) is 0 Å². The highest BCUT2D eigenvalue weighted by Gasteiger charge is 2.07. The van der Waals surface area contributed by atoms with Gasteiger partial charge < -0.3 is 10.2 Å². The summed E-state index contributed by atoms with van der Waals surface area (Å²) in [6, 6.07) is 0.740. The second kappa shape index (κ2) is 13.7. The summed E-state index contributed by atoms with van der Waals surface area (Å²) in [5, 5.41) is 3.46. The molecule has 0 radical (unpaired) electrons. The van der Waals surface area contributed by atoms with E-state index < -0.39 is 0 Å². The van der Waals surface area contributed by atoms with Gasteiger partial charge in [0, 0.05) is 6.04 Å². The lowest BCUT2D eigenvalue weighted by molar-refractivity contribution is 0.247. The summed E-state index contributed by atoms with van der Waals surface area (Å²) in [6.45, 7) is 8.22. The lowest BCUT2D eigenvalue weighted by atomic mass is 10.1. The molecule has 0 aliphatic heterocycles. The average molecular weight is 275 g/mol. The van der Waals surface area contributed by atoms with Crippen LogP contribution in [0.4, 0.5) is 0 Å². The van der Waals surface area contributed by atoms with Gasteiger partial charge in [-0.25, -0.2) is 0 Å². The molecule has 0 saturated carbocycles. The van der Waals surface area contributed by atoms with Gasteiger partial charge in [-0.3, -0.25) is 0 Å². The van der Waals surface area contributed by atoms with Crippen molar-refractivity contribution in [3.63, 3.8) is 0 Å². The van der Waals surface area contributed by atoms with Crippen LogP contribution in [0.25, 0.3) is 0 Å². The SMILES string of the molecule is CCCNCCCCCCN(C)C(C)CCSC. The van der Waals surface area contributed by atoms with Crippen molar-refractivity contribution in [1.82, 2.24) is 10.2 Å². The van der Waals surface area contributed by atoms with E-state index in [2.05, 4.69) is 37.4 Å². The molecule has 18 heavy (non-hydrogen) atoms. The van der Waals surface area contributed by atoms with E-state index in [0.717, 1.165) is 6.04 Å². The van der Waals surface area contributed by atoms with Crippen molar-refractivity contribution in [1.29, 1.82) is 0 Å². The van der Waals surface area contributed by atoms with Crippen LogP contribution in [-0.2, 0) is 0 Å². The standard InChI is InChI=1S/C15H34N2S/c1-5-11-16-12-8-6-7-9-13-17(3)15(2)10-14-18-4/h15-16H,5-14H2,1-4H3. The van der Waals surface area contributed by atoms with E-state index in [1.807, 2.05) is 11.8 Å². The van der Waals surface area contributed by atoms with E-state index in [-0.39, 0.29) is 0 Å². The summed E-state index contributed by atoms with van der Waals surface area (Å²) in [6.07, 6.45) is 10.2. The minimum absolute atomic E-state index is 0.740. The van der Waals surface area contributed by atoms with E-state index in [1.165, 1.54) is 63.9 Å². The van der Waals surface area contributed by atoms with Crippen LogP contribution in [0.3, 0.4) is 0 Å². The Hall–Kier alpha value is 0.270. The van der Waals surface area contributed by atoms with Crippen molar-refractivity contribution in [2.24, 2.45) is 0 Å². The number of rotatable bonds is 13. The molecular weight excluding hydrogens is 240 g/mol. The Kier molecular flexibility index (Phi) is 13.9. The quantitative estimate of drug-likeness (QED) is 0.516. The van der Waals surface area contributed by atoms with Crippen LogP contribution in [0.1, 0.15) is 52.4 Å². The molecular formula is C15H34N2S. The number of hydrogen-bond acceptors (Lipinski definition) is 3. The third kappa shape index (κ3) is 11.4. The molecule has 0 saturated heterocycles. The van der Waals surface area contributed by atoms with Gasteiger partial charge in [0.05, 0.1) is 0 Å². The predicted molar refractivity (Wildman–Crippen MR) is 86.7 cm³/mol. The topological polar surface area (TPSA) is 15.3 Å². The number of hydrogen-bond donors (Lipinski definition) is 1. The van der Waals surface area contributed by atoms with Gasteiger partial charge in [0.2, 0.25) is 0 Å². The molecule has 0 fully saturated rings. The Bertz CT molecular complexity index is 165. The minimum Gasteiger partial charge on any atom is -0.317 e. The fourth-order valence-corrected chi connectivity index (χ4v) is 2.57. The maximum absolute atomic E-state index is 3.46. The highest BCUT2D eigenvalue weighted by molar-refractivity contribution is 7.98. The first-order valence-electron chi connectivity index (χ1n) is 7.62. The summed E-state index contributed by atoms with van der Waals surface area (Å²) in [5.41, 5.74) is 0. The van der Waals surface area contributed by atoms with Crippen molar-refractivity contribution in [2.45, 2.75) is 58.4 Å². The molecule has 0 rings (SSSR count). The summed E-state index contributed by atoms with van der Waals surface area (Å²) in [7, 11) is 2.27. The van der Waals surface area contributed by atoms with E-state index in [4.69, 9.17) is 0 Å². The molecule has 0 amide bonds. The van der Waals surface area contributed by atoms with Gasteiger partial charge in [-0.15, -0.1) is 0 Å². The van der Waals surface area contributed by atoms with Gasteiger partial charge in [-0.05, 0) is 71.3 Å². The van der Waals surface area contributed by atoms with E-state index in [9.17, 15) is 0 Å². The lowest BCUT2D eigenvalue weighted by Gasteiger charge is -2.24. The summed E-state index contributed by atoms with van der Waals surface area (Å²) >= 11 is 1.96. The Morgan fingerprint density at radius 3 is 2.50 bits per heavy atom. The largest absolute Gasteiger partial charge is 0.317 e. The van der Waals surface area contributed by atoms with Gasteiger partial charge in [0.1, 0.15) is 0 Å². The molecule has 0 spiro atoms. The normalized spacial score (nSPS) is 13.2.